The Labute approximate surface area is 140 Å². The van der Waals surface area contributed by atoms with E-state index in [9.17, 15) is 9.59 Å². The molecule has 1 fully saturated rings. The van der Waals surface area contributed by atoms with Crippen LogP contribution in [0.3, 0.4) is 0 Å². The fraction of sp³-hybridized carbons (Fsp3) is 0.500. The number of rotatable bonds is 7. The van der Waals surface area contributed by atoms with E-state index in [1.165, 1.54) is 0 Å². The van der Waals surface area contributed by atoms with Gasteiger partial charge in [-0.1, -0.05) is 11.6 Å². The molecule has 3 N–H and O–H groups in total. The molecule has 6 nitrogen and oxygen atoms in total. The highest BCUT2D eigenvalue weighted by atomic mass is 35.5. The number of halogens is 1. The molecule has 0 bridgehead atoms. The lowest BCUT2D eigenvalue weighted by atomic mass is 10.2. The molecule has 0 aromatic heterocycles. The van der Waals surface area contributed by atoms with E-state index in [1.54, 1.807) is 24.3 Å². The molecule has 0 radical (unpaired) electrons. The molecular weight excluding hydrogens is 318 g/mol. The van der Waals surface area contributed by atoms with Crippen LogP contribution in [0.2, 0.25) is 5.02 Å². The SMILES string of the molecule is O=C(CCCNC(=O)NC[C@H]1CCCO1)Nc1ccc(Cl)cc1. The summed E-state index contributed by atoms with van der Waals surface area (Å²) in [5, 5.41) is 8.90. The summed E-state index contributed by atoms with van der Waals surface area (Å²) in [7, 11) is 0. The number of carbonyl (C=O) groups is 2. The van der Waals surface area contributed by atoms with Crippen molar-refractivity contribution in [2.45, 2.75) is 31.8 Å². The lowest BCUT2D eigenvalue weighted by Gasteiger charge is -2.11. The van der Waals surface area contributed by atoms with E-state index >= 15 is 0 Å². The maximum absolute atomic E-state index is 11.8. The maximum atomic E-state index is 11.8. The number of hydrogen-bond acceptors (Lipinski definition) is 3. The number of nitrogens with one attached hydrogen (secondary N) is 3. The van der Waals surface area contributed by atoms with Crippen LogP contribution in [0.4, 0.5) is 10.5 Å². The van der Waals surface area contributed by atoms with Crippen LogP contribution < -0.4 is 16.0 Å². The zero-order chi connectivity index (χ0) is 16.5. The van der Waals surface area contributed by atoms with Crippen LogP contribution in [0.25, 0.3) is 0 Å². The number of amides is 3. The molecule has 0 unspecified atom stereocenters. The highest BCUT2D eigenvalue weighted by molar-refractivity contribution is 6.30. The van der Waals surface area contributed by atoms with E-state index in [1.807, 2.05) is 0 Å². The van der Waals surface area contributed by atoms with E-state index in [2.05, 4.69) is 16.0 Å². The predicted molar refractivity (Wildman–Crippen MR) is 89.7 cm³/mol. The number of anilines is 1. The Morgan fingerprint density at radius 3 is 2.70 bits per heavy atom. The Hall–Kier alpha value is -1.79. The van der Waals surface area contributed by atoms with E-state index in [4.69, 9.17) is 16.3 Å². The van der Waals surface area contributed by atoms with Gasteiger partial charge in [0.1, 0.15) is 0 Å². The highest BCUT2D eigenvalue weighted by Crippen LogP contribution is 2.13. The molecule has 0 saturated carbocycles. The number of benzene rings is 1. The molecule has 1 aliphatic heterocycles. The molecule has 1 aromatic carbocycles. The first-order valence-electron chi connectivity index (χ1n) is 7.82. The topological polar surface area (TPSA) is 79.5 Å². The molecule has 1 saturated heterocycles. The molecule has 3 amide bonds. The summed E-state index contributed by atoms with van der Waals surface area (Å²) in [5.74, 6) is -0.0890. The largest absolute Gasteiger partial charge is 0.376 e. The minimum atomic E-state index is -0.224. The molecule has 1 aromatic rings. The molecule has 1 heterocycles. The van der Waals surface area contributed by atoms with Crippen LogP contribution in [0.5, 0.6) is 0 Å². The van der Waals surface area contributed by atoms with Crippen molar-refractivity contribution in [2.75, 3.05) is 25.0 Å². The van der Waals surface area contributed by atoms with Crippen molar-refractivity contribution in [3.63, 3.8) is 0 Å². The van der Waals surface area contributed by atoms with Crippen LogP contribution >= 0.6 is 11.6 Å². The highest BCUT2D eigenvalue weighted by Gasteiger charge is 2.15. The smallest absolute Gasteiger partial charge is 0.314 e. The fourth-order valence-electron chi connectivity index (χ4n) is 2.28. The first-order valence-corrected chi connectivity index (χ1v) is 8.20. The van der Waals surface area contributed by atoms with E-state index in [-0.39, 0.29) is 18.0 Å². The van der Waals surface area contributed by atoms with Crippen molar-refractivity contribution in [3.05, 3.63) is 29.3 Å². The van der Waals surface area contributed by atoms with E-state index < -0.39 is 0 Å². The summed E-state index contributed by atoms with van der Waals surface area (Å²) in [4.78, 5) is 23.3. The quantitative estimate of drug-likeness (QED) is 0.668. The summed E-state index contributed by atoms with van der Waals surface area (Å²) < 4.78 is 5.42. The summed E-state index contributed by atoms with van der Waals surface area (Å²) in [6.45, 7) is 1.75. The summed E-state index contributed by atoms with van der Waals surface area (Å²) in [6.07, 6.45) is 3.09. The van der Waals surface area contributed by atoms with Gasteiger partial charge in [-0.05, 0) is 43.5 Å². The molecule has 0 aliphatic carbocycles. The fourth-order valence-corrected chi connectivity index (χ4v) is 2.41. The normalized spacial score (nSPS) is 16.8. The zero-order valence-electron chi connectivity index (χ0n) is 12.9. The van der Waals surface area contributed by atoms with Gasteiger partial charge in [0.15, 0.2) is 0 Å². The van der Waals surface area contributed by atoms with E-state index in [0.717, 1.165) is 19.4 Å². The number of urea groups is 1. The second kappa shape index (κ2) is 9.37. The van der Waals surface area contributed by atoms with Gasteiger partial charge < -0.3 is 20.7 Å². The minimum absolute atomic E-state index is 0.0890. The first kappa shape index (κ1) is 17.6. The monoisotopic (exact) mass is 339 g/mol. The van der Waals surface area contributed by atoms with Crippen LogP contribution in [-0.4, -0.2) is 37.7 Å². The number of hydrogen-bond donors (Lipinski definition) is 3. The summed E-state index contributed by atoms with van der Waals surface area (Å²) in [5.41, 5.74) is 0.710. The lowest BCUT2D eigenvalue weighted by molar-refractivity contribution is -0.116. The molecule has 126 valence electrons. The van der Waals surface area contributed by atoms with Crippen molar-refractivity contribution in [2.24, 2.45) is 0 Å². The van der Waals surface area contributed by atoms with Crippen molar-refractivity contribution in [1.29, 1.82) is 0 Å². The van der Waals surface area contributed by atoms with Crippen LogP contribution in [0, 0.1) is 0 Å². The second-order valence-corrected chi connectivity index (χ2v) is 5.87. The van der Waals surface area contributed by atoms with Gasteiger partial charge in [-0.25, -0.2) is 4.79 Å². The molecule has 0 spiro atoms. The average Bonchev–Trinajstić information content (AvgIpc) is 3.05. The van der Waals surface area contributed by atoms with Gasteiger partial charge in [-0.2, -0.15) is 0 Å². The maximum Gasteiger partial charge on any atom is 0.314 e. The Balaban J connectivity index is 1.53. The van der Waals surface area contributed by atoms with Crippen molar-refractivity contribution in [1.82, 2.24) is 10.6 Å². The van der Waals surface area contributed by atoms with Crippen molar-refractivity contribution < 1.29 is 14.3 Å². The van der Waals surface area contributed by atoms with Crippen LogP contribution in [-0.2, 0) is 9.53 Å². The Bertz CT molecular complexity index is 516. The van der Waals surface area contributed by atoms with Gasteiger partial charge in [-0.3, -0.25) is 4.79 Å². The van der Waals surface area contributed by atoms with Gasteiger partial charge in [-0.15, -0.1) is 0 Å². The third-order valence-corrected chi connectivity index (χ3v) is 3.76. The van der Waals surface area contributed by atoms with Gasteiger partial charge in [0, 0.05) is 36.8 Å². The molecule has 1 atom stereocenters. The van der Waals surface area contributed by atoms with Crippen LogP contribution in [0.1, 0.15) is 25.7 Å². The second-order valence-electron chi connectivity index (χ2n) is 5.43. The average molecular weight is 340 g/mol. The third kappa shape index (κ3) is 6.88. The van der Waals surface area contributed by atoms with Crippen molar-refractivity contribution in [3.8, 4) is 0 Å². The first-order chi connectivity index (χ1) is 11.1. The summed E-state index contributed by atoms with van der Waals surface area (Å²) >= 11 is 5.78. The van der Waals surface area contributed by atoms with Gasteiger partial charge in [0.2, 0.25) is 5.91 Å². The molecule has 7 heteroatoms. The Morgan fingerprint density at radius 2 is 2.00 bits per heavy atom. The number of ether oxygens (including phenoxy) is 1. The van der Waals surface area contributed by atoms with Crippen molar-refractivity contribution >= 4 is 29.2 Å². The lowest BCUT2D eigenvalue weighted by Crippen LogP contribution is -2.40. The third-order valence-electron chi connectivity index (χ3n) is 3.51. The van der Waals surface area contributed by atoms with Crippen LogP contribution in [0.15, 0.2) is 24.3 Å². The zero-order valence-corrected chi connectivity index (χ0v) is 13.7. The number of carbonyl (C=O) groups excluding carboxylic acids is 2. The van der Waals surface area contributed by atoms with E-state index in [0.29, 0.717) is 36.6 Å². The molecular formula is C16H22ClN3O3. The Kier molecular flexibility index (Phi) is 7.16. The predicted octanol–water partition coefficient (Wildman–Crippen LogP) is 2.54. The minimum Gasteiger partial charge on any atom is -0.376 e. The molecule has 1 aliphatic rings. The molecule has 2 rings (SSSR count). The van der Waals surface area contributed by atoms with Gasteiger partial charge in [0.05, 0.1) is 6.10 Å². The molecule has 23 heavy (non-hydrogen) atoms. The standard InChI is InChI=1S/C16H22ClN3O3/c17-12-5-7-13(8-6-12)20-15(21)4-1-9-18-16(22)19-11-14-3-2-10-23-14/h5-8,14H,1-4,9-11H2,(H,20,21)(H2,18,19,22)/t14-/m1/s1. The van der Waals surface area contributed by atoms with Gasteiger partial charge >= 0.3 is 6.03 Å². The van der Waals surface area contributed by atoms with Gasteiger partial charge in [0.25, 0.3) is 0 Å². The Morgan fingerprint density at radius 1 is 1.22 bits per heavy atom. The summed E-state index contributed by atoms with van der Waals surface area (Å²) in [6, 6.07) is 6.71.